The molecule has 3 nitrogen and oxygen atoms in total. The number of hydrogen-bond donors (Lipinski definition) is 3. The molecule has 0 saturated heterocycles. The van der Waals surface area contributed by atoms with Gasteiger partial charge in [-0.15, -0.1) is 0 Å². The molecule has 0 amide bonds. The van der Waals surface area contributed by atoms with Crippen LogP contribution in [0, 0.1) is 17.8 Å². The maximum absolute atomic E-state index is 9.93. The molecule has 3 aromatic carbocycles. The minimum absolute atomic E-state index is 0.263. The predicted octanol–water partition coefficient (Wildman–Crippen LogP) is 6.19. The van der Waals surface area contributed by atoms with Gasteiger partial charge in [-0.2, -0.15) is 0 Å². The summed E-state index contributed by atoms with van der Waals surface area (Å²) in [5.74, 6) is 2.21. The topological polar surface area (TPSA) is 60.7 Å². The van der Waals surface area contributed by atoms with Gasteiger partial charge in [0, 0.05) is 5.41 Å². The fourth-order valence-electron chi connectivity index (χ4n) is 5.83. The Hall–Kier alpha value is -2.94. The fraction of sp³-hybridized carbons (Fsp3) is 0.333. The third-order valence-electron chi connectivity index (χ3n) is 7.53. The number of rotatable bonds is 3. The molecule has 3 N–H and O–H groups in total. The van der Waals surface area contributed by atoms with E-state index in [1.165, 1.54) is 16.7 Å². The highest BCUT2D eigenvalue weighted by Gasteiger charge is 2.52. The number of phenolic OH excluding ortho intramolecular Hbond substituents is 3. The van der Waals surface area contributed by atoms with Gasteiger partial charge < -0.3 is 15.3 Å². The first-order valence-electron chi connectivity index (χ1n) is 10.7. The van der Waals surface area contributed by atoms with Gasteiger partial charge in [0.2, 0.25) is 0 Å². The molecule has 0 heterocycles. The van der Waals surface area contributed by atoms with Crippen LogP contribution in [0.15, 0.2) is 72.8 Å². The van der Waals surface area contributed by atoms with Crippen LogP contribution in [-0.4, -0.2) is 15.3 Å². The molecule has 0 bridgehead atoms. The van der Waals surface area contributed by atoms with Crippen molar-refractivity contribution in [2.45, 2.75) is 38.5 Å². The predicted molar refractivity (Wildman–Crippen MR) is 120 cm³/mol. The smallest absolute Gasteiger partial charge is 0.115 e. The number of benzene rings is 3. The van der Waals surface area contributed by atoms with Gasteiger partial charge in [-0.1, -0.05) is 57.2 Å². The molecule has 4 unspecified atom stereocenters. The van der Waals surface area contributed by atoms with Crippen molar-refractivity contribution < 1.29 is 15.3 Å². The third kappa shape index (κ3) is 3.23. The second-order valence-electron chi connectivity index (χ2n) is 8.95. The van der Waals surface area contributed by atoms with Crippen LogP contribution >= 0.6 is 0 Å². The Morgan fingerprint density at radius 3 is 1.43 bits per heavy atom. The first-order valence-corrected chi connectivity index (χ1v) is 10.7. The minimum Gasteiger partial charge on any atom is -0.508 e. The van der Waals surface area contributed by atoms with Gasteiger partial charge in [-0.05, 0) is 83.2 Å². The van der Waals surface area contributed by atoms with E-state index in [-0.39, 0.29) is 28.6 Å². The first-order chi connectivity index (χ1) is 14.3. The van der Waals surface area contributed by atoms with Gasteiger partial charge in [-0.25, -0.2) is 0 Å². The van der Waals surface area contributed by atoms with E-state index in [1.807, 2.05) is 36.4 Å². The van der Waals surface area contributed by atoms with E-state index in [9.17, 15) is 15.3 Å². The molecular formula is C27H30O3. The summed E-state index contributed by atoms with van der Waals surface area (Å²) >= 11 is 0. The molecule has 1 aliphatic carbocycles. The average Bonchev–Trinajstić information content (AvgIpc) is 2.74. The van der Waals surface area contributed by atoms with Crippen LogP contribution in [0.3, 0.4) is 0 Å². The molecule has 0 aromatic heterocycles. The van der Waals surface area contributed by atoms with Crippen molar-refractivity contribution in [1.29, 1.82) is 0 Å². The molecule has 3 aromatic rings. The molecule has 4 atom stereocenters. The fourth-order valence-corrected chi connectivity index (χ4v) is 5.83. The van der Waals surface area contributed by atoms with Crippen molar-refractivity contribution >= 4 is 0 Å². The second kappa shape index (κ2) is 7.71. The summed E-state index contributed by atoms with van der Waals surface area (Å²) in [6, 6.07) is 22.9. The lowest BCUT2D eigenvalue weighted by Crippen LogP contribution is -2.50. The zero-order valence-electron chi connectivity index (χ0n) is 17.8. The Kier molecular flexibility index (Phi) is 5.23. The Bertz CT molecular complexity index is 944. The van der Waals surface area contributed by atoms with Gasteiger partial charge in [0.15, 0.2) is 0 Å². The van der Waals surface area contributed by atoms with Crippen molar-refractivity contribution in [1.82, 2.24) is 0 Å². The summed E-state index contributed by atoms with van der Waals surface area (Å²) < 4.78 is 0. The number of hydrogen-bond acceptors (Lipinski definition) is 3. The highest BCUT2D eigenvalue weighted by Crippen LogP contribution is 2.58. The SMILES string of the molecule is CC1CC(c2ccc(O)cc2)C(C)C(c2ccc(O)cc2)(c2ccc(O)cc2)C1C. The average molecular weight is 403 g/mol. The van der Waals surface area contributed by atoms with Crippen molar-refractivity contribution in [3.8, 4) is 17.2 Å². The Morgan fingerprint density at radius 2 is 1.00 bits per heavy atom. The largest absolute Gasteiger partial charge is 0.508 e. The summed E-state index contributed by atoms with van der Waals surface area (Å²) in [6.45, 7) is 6.97. The number of aromatic hydroxyl groups is 3. The number of phenols is 3. The molecule has 4 rings (SSSR count). The monoisotopic (exact) mass is 402 g/mol. The Morgan fingerprint density at radius 1 is 0.600 bits per heavy atom. The lowest BCUT2D eigenvalue weighted by molar-refractivity contribution is 0.0902. The van der Waals surface area contributed by atoms with Gasteiger partial charge in [0.25, 0.3) is 0 Å². The van der Waals surface area contributed by atoms with Crippen molar-refractivity contribution in [3.05, 3.63) is 89.5 Å². The highest BCUT2D eigenvalue weighted by atomic mass is 16.3. The minimum atomic E-state index is -0.276. The molecule has 30 heavy (non-hydrogen) atoms. The zero-order chi connectivity index (χ0) is 21.5. The van der Waals surface area contributed by atoms with E-state index >= 15 is 0 Å². The van der Waals surface area contributed by atoms with Crippen LogP contribution in [0.1, 0.15) is 49.8 Å². The zero-order valence-corrected chi connectivity index (χ0v) is 17.8. The normalized spacial score (nSPS) is 25.7. The van der Waals surface area contributed by atoms with Crippen molar-refractivity contribution in [2.75, 3.05) is 0 Å². The molecule has 156 valence electrons. The van der Waals surface area contributed by atoms with Gasteiger partial charge in [0.05, 0.1) is 0 Å². The molecule has 0 spiro atoms. The summed E-state index contributed by atoms with van der Waals surface area (Å²) in [4.78, 5) is 0. The van der Waals surface area contributed by atoms with E-state index in [0.29, 0.717) is 17.8 Å². The van der Waals surface area contributed by atoms with Crippen LogP contribution in [0.25, 0.3) is 0 Å². The van der Waals surface area contributed by atoms with E-state index in [1.54, 1.807) is 36.4 Å². The first kappa shape index (κ1) is 20.3. The van der Waals surface area contributed by atoms with E-state index in [4.69, 9.17) is 0 Å². The molecule has 0 aliphatic heterocycles. The second-order valence-corrected chi connectivity index (χ2v) is 8.95. The maximum atomic E-state index is 9.93. The van der Waals surface area contributed by atoms with Gasteiger partial charge >= 0.3 is 0 Å². The molecular weight excluding hydrogens is 372 g/mol. The molecule has 3 heteroatoms. The van der Waals surface area contributed by atoms with Crippen LogP contribution in [0.5, 0.6) is 17.2 Å². The quantitative estimate of drug-likeness (QED) is 0.490. The summed E-state index contributed by atoms with van der Waals surface area (Å²) in [5.41, 5.74) is 3.32. The Balaban J connectivity index is 1.94. The standard InChI is InChI=1S/C27H30O3/c1-17-16-26(20-4-10-23(28)11-5-20)19(3)27(18(17)2,21-6-12-24(29)13-7-21)22-8-14-25(30)15-9-22/h4-15,17-19,26,28-30H,16H2,1-3H3. The lowest BCUT2D eigenvalue weighted by Gasteiger charge is -2.55. The summed E-state index contributed by atoms with van der Waals surface area (Å²) in [6.07, 6.45) is 1.07. The summed E-state index contributed by atoms with van der Waals surface area (Å²) in [5, 5.41) is 29.6. The molecule has 1 aliphatic rings. The van der Waals surface area contributed by atoms with Crippen LogP contribution in [0.4, 0.5) is 0 Å². The lowest BCUT2D eigenvalue weighted by atomic mass is 9.49. The van der Waals surface area contributed by atoms with Crippen molar-refractivity contribution in [2.24, 2.45) is 17.8 Å². The third-order valence-corrected chi connectivity index (χ3v) is 7.53. The molecule has 0 radical (unpaired) electrons. The van der Waals surface area contributed by atoms with Crippen molar-refractivity contribution in [3.63, 3.8) is 0 Å². The molecule has 1 saturated carbocycles. The van der Waals surface area contributed by atoms with Crippen LogP contribution < -0.4 is 0 Å². The van der Waals surface area contributed by atoms with Gasteiger partial charge in [0.1, 0.15) is 17.2 Å². The molecule has 1 fully saturated rings. The van der Waals surface area contributed by atoms with Crippen LogP contribution in [-0.2, 0) is 5.41 Å². The highest BCUT2D eigenvalue weighted by molar-refractivity contribution is 5.47. The summed E-state index contributed by atoms with van der Waals surface area (Å²) in [7, 11) is 0. The van der Waals surface area contributed by atoms with E-state index in [2.05, 4.69) is 20.8 Å². The van der Waals surface area contributed by atoms with E-state index < -0.39 is 0 Å². The Labute approximate surface area is 178 Å². The van der Waals surface area contributed by atoms with Crippen LogP contribution in [0.2, 0.25) is 0 Å². The maximum Gasteiger partial charge on any atom is 0.115 e. The van der Waals surface area contributed by atoms with E-state index in [0.717, 1.165) is 6.42 Å². The van der Waals surface area contributed by atoms with Gasteiger partial charge in [-0.3, -0.25) is 0 Å².